The molecule has 0 aliphatic carbocycles. The molecule has 1 amide bonds. The van der Waals surface area contributed by atoms with Crippen molar-refractivity contribution in [1.29, 1.82) is 0 Å². The number of hydrogen-bond acceptors (Lipinski definition) is 4. The van der Waals surface area contributed by atoms with Crippen molar-refractivity contribution < 1.29 is 4.79 Å². The van der Waals surface area contributed by atoms with Gasteiger partial charge in [0.1, 0.15) is 0 Å². The lowest BCUT2D eigenvalue weighted by Crippen LogP contribution is -2.28. The molecule has 0 aliphatic rings. The molecule has 0 fully saturated rings. The largest absolute Gasteiger partial charge is 0.344 e. The summed E-state index contributed by atoms with van der Waals surface area (Å²) in [4.78, 5) is 20.4. The van der Waals surface area contributed by atoms with Gasteiger partial charge < -0.3 is 5.32 Å². The fourth-order valence-electron chi connectivity index (χ4n) is 1.70. The Labute approximate surface area is 127 Å². The fourth-order valence-corrected chi connectivity index (χ4v) is 2.22. The lowest BCUT2D eigenvalue weighted by atomic mass is 10.1. The second kappa shape index (κ2) is 6.72. The van der Waals surface area contributed by atoms with E-state index in [1.54, 1.807) is 0 Å². The third-order valence-corrected chi connectivity index (χ3v) is 3.61. The van der Waals surface area contributed by atoms with Crippen LogP contribution in [-0.4, -0.2) is 22.1 Å². The van der Waals surface area contributed by atoms with E-state index in [0.29, 0.717) is 5.16 Å². The Morgan fingerprint density at radius 3 is 2.70 bits per heavy atom. The predicted molar refractivity (Wildman–Crippen MR) is 81.1 cm³/mol. The van der Waals surface area contributed by atoms with Gasteiger partial charge in [-0.15, -0.1) is 0 Å². The monoisotopic (exact) mass is 307 g/mol. The number of thioether (sulfide) groups is 1. The van der Waals surface area contributed by atoms with Crippen LogP contribution in [0.4, 0.5) is 0 Å². The molecule has 104 valence electrons. The molecule has 0 unspecified atom stereocenters. The van der Waals surface area contributed by atoms with E-state index in [4.69, 9.17) is 11.6 Å². The molecule has 6 heteroatoms. The van der Waals surface area contributed by atoms with Gasteiger partial charge in [-0.2, -0.15) is 0 Å². The molecule has 0 saturated heterocycles. The number of nitrogens with zero attached hydrogens (tertiary/aromatic N) is 2. The van der Waals surface area contributed by atoms with Gasteiger partial charge in [-0.3, -0.25) is 4.79 Å². The minimum absolute atomic E-state index is 0.118. The van der Waals surface area contributed by atoms with Crippen molar-refractivity contribution in [3.63, 3.8) is 0 Å². The lowest BCUT2D eigenvalue weighted by molar-refractivity contribution is 0.0934. The topological polar surface area (TPSA) is 54.9 Å². The van der Waals surface area contributed by atoms with Crippen LogP contribution in [0.5, 0.6) is 0 Å². The van der Waals surface area contributed by atoms with Gasteiger partial charge in [-0.1, -0.05) is 53.7 Å². The lowest BCUT2D eigenvalue weighted by Gasteiger charge is -2.14. The molecule has 0 bridgehead atoms. The van der Waals surface area contributed by atoms with Crippen molar-refractivity contribution in [1.82, 2.24) is 15.3 Å². The van der Waals surface area contributed by atoms with Gasteiger partial charge in [0, 0.05) is 0 Å². The molecule has 1 aromatic carbocycles. The molecule has 1 atom stereocenters. The molecule has 1 heterocycles. The van der Waals surface area contributed by atoms with Crippen molar-refractivity contribution >= 4 is 29.3 Å². The number of nitrogens with one attached hydrogen (secondary N) is 1. The molecule has 0 aliphatic heterocycles. The van der Waals surface area contributed by atoms with E-state index in [1.807, 2.05) is 43.5 Å². The maximum absolute atomic E-state index is 12.2. The Morgan fingerprint density at radius 2 is 2.05 bits per heavy atom. The van der Waals surface area contributed by atoms with Gasteiger partial charge in [-0.25, -0.2) is 9.97 Å². The standard InChI is InChI=1S/C14H14ClN3OS/c1-9(10-6-4-3-5-7-10)17-13(19)12-11(15)8-16-14(18-12)20-2/h3-9H,1-2H3,(H,17,19)/t9-/m1/s1. The maximum atomic E-state index is 12.2. The summed E-state index contributed by atoms with van der Waals surface area (Å²) in [5.74, 6) is -0.302. The molecule has 2 aromatic rings. The van der Waals surface area contributed by atoms with E-state index in [0.717, 1.165) is 5.56 Å². The normalized spacial score (nSPS) is 11.9. The average Bonchev–Trinajstić information content (AvgIpc) is 2.48. The minimum Gasteiger partial charge on any atom is -0.344 e. The SMILES string of the molecule is CSc1ncc(Cl)c(C(=O)N[C@H](C)c2ccccc2)n1. The average molecular weight is 308 g/mol. The molecule has 0 saturated carbocycles. The second-order valence-electron chi connectivity index (χ2n) is 4.16. The quantitative estimate of drug-likeness (QED) is 0.695. The number of hydrogen-bond donors (Lipinski definition) is 1. The van der Waals surface area contributed by atoms with Crippen LogP contribution in [0.1, 0.15) is 29.0 Å². The van der Waals surface area contributed by atoms with Gasteiger partial charge in [0.2, 0.25) is 0 Å². The summed E-state index contributed by atoms with van der Waals surface area (Å²) in [5, 5.41) is 3.65. The number of carbonyl (C=O) groups is 1. The van der Waals surface area contributed by atoms with Crippen molar-refractivity contribution in [3.05, 3.63) is 52.8 Å². The van der Waals surface area contributed by atoms with Crippen molar-refractivity contribution in [2.75, 3.05) is 6.26 Å². The molecule has 4 nitrogen and oxygen atoms in total. The van der Waals surface area contributed by atoms with Crippen LogP contribution < -0.4 is 5.32 Å². The van der Waals surface area contributed by atoms with Crippen LogP contribution in [0.2, 0.25) is 5.02 Å². The summed E-state index contributed by atoms with van der Waals surface area (Å²) in [6, 6.07) is 9.60. The Kier molecular flexibility index (Phi) is 4.98. The van der Waals surface area contributed by atoms with Crippen LogP contribution in [0.3, 0.4) is 0 Å². The zero-order valence-corrected chi connectivity index (χ0v) is 12.7. The van der Waals surface area contributed by atoms with E-state index >= 15 is 0 Å². The molecule has 1 N–H and O–H groups in total. The summed E-state index contributed by atoms with van der Waals surface area (Å²) >= 11 is 7.35. The van der Waals surface area contributed by atoms with Gasteiger partial charge in [0.25, 0.3) is 5.91 Å². The number of amides is 1. The van der Waals surface area contributed by atoms with Crippen LogP contribution in [-0.2, 0) is 0 Å². The first-order valence-corrected chi connectivity index (χ1v) is 7.64. The molecule has 0 radical (unpaired) electrons. The molecule has 1 aromatic heterocycles. The van der Waals surface area contributed by atoms with Crippen LogP contribution in [0.15, 0.2) is 41.7 Å². The highest BCUT2D eigenvalue weighted by molar-refractivity contribution is 7.98. The highest BCUT2D eigenvalue weighted by Crippen LogP contribution is 2.18. The minimum atomic E-state index is -0.302. The van der Waals surface area contributed by atoms with E-state index in [-0.39, 0.29) is 22.7 Å². The Balaban J connectivity index is 2.16. The Hall–Kier alpha value is -1.59. The number of aromatic nitrogens is 2. The predicted octanol–water partition coefficient (Wildman–Crippen LogP) is 3.34. The number of halogens is 1. The second-order valence-corrected chi connectivity index (χ2v) is 5.34. The first-order chi connectivity index (χ1) is 9.61. The molecular formula is C14H14ClN3OS. The molecule has 2 rings (SSSR count). The first-order valence-electron chi connectivity index (χ1n) is 6.04. The van der Waals surface area contributed by atoms with E-state index < -0.39 is 0 Å². The highest BCUT2D eigenvalue weighted by atomic mass is 35.5. The third-order valence-electron chi connectivity index (χ3n) is 2.77. The summed E-state index contributed by atoms with van der Waals surface area (Å²) in [7, 11) is 0. The highest BCUT2D eigenvalue weighted by Gasteiger charge is 2.16. The number of benzene rings is 1. The molecule has 20 heavy (non-hydrogen) atoms. The van der Waals surface area contributed by atoms with E-state index in [9.17, 15) is 4.79 Å². The fraction of sp³-hybridized carbons (Fsp3) is 0.214. The Morgan fingerprint density at radius 1 is 1.35 bits per heavy atom. The maximum Gasteiger partial charge on any atom is 0.272 e. The Bertz CT molecular complexity index is 607. The van der Waals surface area contributed by atoms with Gasteiger partial charge in [0.15, 0.2) is 10.9 Å². The van der Waals surface area contributed by atoms with Crippen LogP contribution in [0, 0.1) is 0 Å². The van der Waals surface area contributed by atoms with Crippen molar-refractivity contribution in [3.8, 4) is 0 Å². The van der Waals surface area contributed by atoms with Crippen LogP contribution >= 0.6 is 23.4 Å². The zero-order valence-electron chi connectivity index (χ0n) is 11.1. The summed E-state index contributed by atoms with van der Waals surface area (Å²) in [6.45, 7) is 1.91. The summed E-state index contributed by atoms with van der Waals surface area (Å²) in [5.41, 5.74) is 1.23. The van der Waals surface area contributed by atoms with Crippen molar-refractivity contribution in [2.24, 2.45) is 0 Å². The number of carbonyl (C=O) groups excluding carboxylic acids is 1. The summed E-state index contributed by atoms with van der Waals surface area (Å²) < 4.78 is 0. The van der Waals surface area contributed by atoms with Gasteiger partial charge >= 0.3 is 0 Å². The number of rotatable bonds is 4. The smallest absolute Gasteiger partial charge is 0.272 e. The zero-order chi connectivity index (χ0) is 14.5. The van der Waals surface area contributed by atoms with Gasteiger partial charge in [-0.05, 0) is 18.7 Å². The molecule has 0 spiro atoms. The van der Waals surface area contributed by atoms with Crippen LogP contribution in [0.25, 0.3) is 0 Å². The van der Waals surface area contributed by atoms with E-state index in [2.05, 4.69) is 15.3 Å². The van der Waals surface area contributed by atoms with Gasteiger partial charge in [0.05, 0.1) is 17.3 Å². The summed E-state index contributed by atoms with van der Waals surface area (Å²) in [6.07, 6.45) is 3.29. The van der Waals surface area contributed by atoms with Crippen molar-refractivity contribution in [2.45, 2.75) is 18.1 Å². The van der Waals surface area contributed by atoms with E-state index in [1.165, 1.54) is 18.0 Å². The first kappa shape index (κ1) is 14.8. The third kappa shape index (κ3) is 3.49. The molecular weight excluding hydrogens is 294 g/mol.